The van der Waals surface area contributed by atoms with Crippen molar-refractivity contribution in [2.45, 2.75) is 12.8 Å². The Labute approximate surface area is 163 Å². The van der Waals surface area contributed by atoms with Gasteiger partial charge in [0.25, 0.3) is 5.91 Å². The van der Waals surface area contributed by atoms with Crippen LogP contribution in [0.5, 0.6) is 0 Å². The number of amides is 2. The van der Waals surface area contributed by atoms with Crippen molar-refractivity contribution in [1.82, 2.24) is 4.90 Å². The molecule has 1 unspecified atom stereocenters. The number of halogens is 1. The summed E-state index contributed by atoms with van der Waals surface area (Å²) in [6.07, 6.45) is 1.50. The molecule has 0 radical (unpaired) electrons. The standard InChI is InChI=1S/C23H21FN2O2/c24-18-10-12-19(13-11-18)25-22(27)17-7-4-14-26(15-17)23(28)21-9-3-6-16-5-1-2-8-20(16)21/h1-3,5-6,8-13,17H,4,7,14-15H2,(H,25,27). The Bertz CT molecular complexity index is 1010. The molecule has 0 bridgehead atoms. The SMILES string of the molecule is O=C(Nc1ccc(F)cc1)C1CCCN(C(=O)c2cccc3ccccc23)C1. The molecule has 1 aliphatic heterocycles. The van der Waals surface area contributed by atoms with Crippen molar-refractivity contribution in [2.75, 3.05) is 18.4 Å². The number of benzene rings is 3. The maximum absolute atomic E-state index is 13.1. The van der Waals surface area contributed by atoms with Crippen LogP contribution in [-0.4, -0.2) is 29.8 Å². The predicted octanol–water partition coefficient (Wildman–Crippen LogP) is 4.47. The molecular weight excluding hydrogens is 355 g/mol. The number of rotatable bonds is 3. The van der Waals surface area contributed by atoms with E-state index >= 15 is 0 Å². The van der Waals surface area contributed by atoms with Gasteiger partial charge in [-0.2, -0.15) is 0 Å². The van der Waals surface area contributed by atoms with Crippen LogP contribution < -0.4 is 5.32 Å². The van der Waals surface area contributed by atoms with Crippen LogP contribution in [0.25, 0.3) is 10.8 Å². The molecule has 3 aromatic carbocycles. The topological polar surface area (TPSA) is 49.4 Å². The van der Waals surface area contributed by atoms with Crippen molar-refractivity contribution in [2.24, 2.45) is 5.92 Å². The van der Waals surface area contributed by atoms with Crippen molar-refractivity contribution in [1.29, 1.82) is 0 Å². The maximum Gasteiger partial charge on any atom is 0.254 e. The minimum Gasteiger partial charge on any atom is -0.338 e. The Morgan fingerprint density at radius 3 is 2.54 bits per heavy atom. The number of anilines is 1. The normalized spacial score (nSPS) is 16.8. The number of nitrogens with one attached hydrogen (secondary N) is 1. The first-order valence-corrected chi connectivity index (χ1v) is 9.45. The van der Waals surface area contributed by atoms with Crippen LogP contribution in [-0.2, 0) is 4.79 Å². The number of carbonyl (C=O) groups is 2. The van der Waals surface area contributed by atoms with E-state index in [1.54, 1.807) is 4.90 Å². The summed E-state index contributed by atoms with van der Waals surface area (Å²) in [7, 11) is 0. The van der Waals surface area contributed by atoms with Crippen molar-refractivity contribution < 1.29 is 14.0 Å². The monoisotopic (exact) mass is 376 g/mol. The fourth-order valence-electron chi connectivity index (χ4n) is 3.74. The summed E-state index contributed by atoms with van der Waals surface area (Å²) in [6.45, 7) is 1.03. The number of nitrogens with zero attached hydrogens (tertiary/aromatic N) is 1. The van der Waals surface area contributed by atoms with Gasteiger partial charge in [-0.15, -0.1) is 0 Å². The van der Waals surface area contributed by atoms with Gasteiger partial charge >= 0.3 is 0 Å². The van der Waals surface area contributed by atoms with Gasteiger partial charge in [-0.1, -0.05) is 36.4 Å². The summed E-state index contributed by atoms with van der Waals surface area (Å²) >= 11 is 0. The van der Waals surface area contributed by atoms with Gasteiger partial charge in [0, 0.05) is 24.3 Å². The minimum atomic E-state index is -0.345. The van der Waals surface area contributed by atoms with Gasteiger partial charge in [0.2, 0.25) is 5.91 Å². The third-order valence-corrected chi connectivity index (χ3v) is 5.21. The van der Waals surface area contributed by atoms with Gasteiger partial charge < -0.3 is 10.2 Å². The highest BCUT2D eigenvalue weighted by Crippen LogP contribution is 2.24. The molecule has 28 heavy (non-hydrogen) atoms. The number of carbonyl (C=O) groups excluding carboxylic acids is 2. The Morgan fingerprint density at radius 2 is 1.71 bits per heavy atom. The van der Waals surface area contributed by atoms with Crippen LogP contribution in [0.1, 0.15) is 23.2 Å². The van der Waals surface area contributed by atoms with E-state index in [1.807, 2.05) is 42.5 Å². The molecule has 3 aromatic rings. The molecule has 2 amide bonds. The Morgan fingerprint density at radius 1 is 0.964 bits per heavy atom. The lowest BCUT2D eigenvalue weighted by molar-refractivity contribution is -0.121. The molecule has 0 saturated carbocycles. The van der Waals surface area contributed by atoms with E-state index in [1.165, 1.54) is 24.3 Å². The summed E-state index contributed by atoms with van der Waals surface area (Å²) in [5.41, 5.74) is 1.22. The Kier molecular flexibility index (Phi) is 5.06. The van der Waals surface area contributed by atoms with Crippen molar-refractivity contribution in [3.63, 3.8) is 0 Å². The molecular formula is C23H21FN2O2. The zero-order chi connectivity index (χ0) is 19.5. The number of piperidine rings is 1. The number of hydrogen-bond acceptors (Lipinski definition) is 2. The van der Waals surface area contributed by atoms with Gasteiger partial charge in [0.1, 0.15) is 5.82 Å². The molecule has 5 heteroatoms. The smallest absolute Gasteiger partial charge is 0.254 e. The van der Waals surface area contributed by atoms with Gasteiger partial charge in [-0.3, -0.25) is 9.59 Å². The van der Waals surface area contributed by atoms with Crippen LogP contribution in [0, 0.1) is 11.7 Å². The zero-order valence-electron chi connectivity index (χ0n) is 15.4. The second kappa shape index (κ2) is 7.80. The quantitative estimate of drug-likeness (QED) is 0.733. The van der Waals surface area contributed by atoms with E-state index in [9.17, 15) is 14.0 Å². The third-order valence-electron chi connectivity index (χ3n) is 5.21. The molecule has 1 aliphatic rings. The van der Waals surface area contributed by atoms with Crippen molar-refractivity contribution >= 4 is 28.3 Å². The highest BCUT2D eigenvalue weighted by Gasteiger charge is 2.29. The number of fused-ring (bicyclic) bond motifs is 1. The summed E-state index contributed by atoms with van der Waals surface area (Å²) in [5, 5.41) is 4.77. The lowest BCUT2D eigenvalue weighted by Gasteiger charge is -2.32. The summed E-state index contributed by atoms with van der Waals surface area (Å²) in [4.78, 5) is 27.5. The van der Waals surface area contributed by atoms with Gasteiger partial charge in [0.15, 0.2) is 0 Å². The number of hydrogen-bond donors (Lipinski definition) is 1. The lowest BCUT2D eigenvalue weighted by Crippen LogP contribution is -2.43. The zero-order valence-corrected chi connectivity index (χ0v) is 15.4. The van der Waals surface area contributed by atoms with Crippen LogP contribution in [0.4, 0.5) is 10.1 Å². The lowest BCUT2D eigenvalue weighted by atomic mass is 9.95. The second-order valence-corrected chi connectivity index (χ2v) is 7.11. The largest absolute Gasteiger partial charge is 0.338 e. The molecule has 4 rings (SSSR count). The van der Waals surface area contributed by atoms with E-state index in [-0.39, 0.29) is 23.5 Å². The van der Waals surface area contributed by atoms with E-state index in [0.717, 1.165) is 23.6 Å². The first-order valence-electron chi connectivity index (χ1n) is 9.45. The highest BCUT2D eigenvalue weighted by atomic mass is 19.1. The molecule has 1 atom stereocenters. The van der Waals surface area contributed by atoms with Crippen molar-refractivity contribution in [3.8, 4) is 0 Å². The third kappa shape index (κ3) is 3.74. The first-order chi connectivity index (χ1) is 13.6. The van der Waals surface area contributed by atoms with Gasteiger partial charge in [0.05, 0.1) is 5.92 Å². The average molecular weight is 376 g/mol. The molecule has 142 valence electrons. The fraction of sp³-hybridized carbons (Fsp3) is 0.217. The fourth-order valence-corrected chi connectivity index (χ4v) is 3.74. The maximum atomic E-state index is 13.1. The Hall–Kier alpha value is -3.21. The minimum absolute atomic E-state index is 0.0453. The first kappa shape index (κ1) is 18.2. The predicted molar refractivity (Wildman–Crippen MR) is 108 cm³/mol. The molecule has 1 N–H and O–H groups in total. The van der Waals surface area contributed by atoms with Crippen LogP contribution in [0.15, 0.2) is 66.7 Å². The molecule has 1 heterocycles. The average Bonchev–Trinajstić information content (AvgIpc) is 2.74. The Balaban J connectivity index is 1.49. The molecule has 0 spiro atoms. The van der Waals surface area contributed by atoms with E-state index < -0.39 is 0 Å². The molecule has 0 aliphatic carbocycles. The van der Waals surface area contributed by atoms with Crippen LogP contribution in [0.3, 0.4) is 0 Å². The molecule has 1 fully saturated rings. The molecule has 0 aromatic heterocycles. The van der Waals surface area contributed by atoms with Crippen molar-refractivity contribution in [3.05, 3.63) is 78.1 Å². The van der Waals surface area contributed by atoms with Crippen LogP contribution in [0.2, 0.25) is 0 Å². The molecule has 4 nitrogen and oxygen atoms in total. The van der Waals surface area contributed by atoms with E-state index in [2.05, 4.69) is 5.32 Å². The molecule has 1 saturated heterocycles. The van der Waals surface area contributed by atoms with E-state index in [4.69, 9.17) is 0 Å². The second-order valence-electron chi connectivity index (χ2n) is 7.11. The van der Waals surface area contributed by atoms with E-state index in [0.29, 0.717) is 24.3 Å². The summed E-state index contributed by atoms with van der Waals surface area (Å²) in [6, 6.07) is 19.2. The summed E-state index contributed by atoms with van der Waals surface area (Å²) in [5.74, 6) is -0.807. The van der Waals surface area contributed by atoms with Crippen LogP contribution >= 0.6 is 0 Å². The highest BCUT2D eigenvalue weighted by molar-refractivity contribution is 6.07. The van der Waals surface area contributed by atoms with Gasteiger partial charge in [-0.25, -0.2) is 4.39 Å². The number of likely N-dealkylation sites (tertiary alicyclic amines) is 1. The summed E-state index contributed by atoms with van der Waals surface area (Å²) < 4.78 is 13.0. The van der Waals surface area contributed by atoms with Gasteiger partial charge in [-0.05, 0) is 53.9 Å².